The number of methoxy groups -OCH3 is 1. The number of anilines is 3. The summed E-state index contributed by atoms with van der Waals surface area (Å²) in [5.74, 6) is -0.281. The second-order valence-corrected chi connectivity index (χ2v) is 5.75. The Balaban J connectivity index is 1.70. The Kier molecular flexibility index (Phi) is 5.34. The molecule has 0 fully saturated rings. The Labute approximate surface area is 154 Å². The first kappa shape index (κ1) is 17.7. The standard InChI is InChI=1S/C19H15ClFN3O2/c1-26-18-5-3-2-4-16(18)24-19(25)17-9-7-13(11-22-17)23-12-6-8-15(21)14(20)10-12/h2-11,23H,1H3,(H,24,25). The number of amides is 1. The minimum atomic E-state index is -0.487. The van der Waals surface area contributed by atoms with Gasteiger partial charge in [0.2, 0.25) is 0 Å². The van der Waals surface area contributed by atoms with Gasteiger partial charge in [-0.1, -0.05) is 23.7 Å². The van der Waals surface area contributed by atoms with E-state index in [0.717, 1.165) is 0 Å². The number of carbonyl (C=O) groups excluding carboxylic acids is 1. The molecule has 7 heteroatoms. The maximum atomic E-state index is 13.2. The van der Waals surface area contributed by atoms with E-state index >= 15 is 0 Å². The minimum absolute atomic E-state index is 0.0239. The quantitative estimate of drug-likeness (QED) is 0.671. The van der Waals surface area contributed by atoms with Crippen molar-refractivity contribution in [1.29, 1.82) is 0 Å². The van der Waals surface area contributed by atoms with Crippen LogP contribution in [0.4, 0.5) is 21.5 Å². The summed E-state index contributed by atoms with van der Waals surface area (Å²) in [6.45, 7) is 0. The molecule has 0 aliphatic heterocycles. The molecule has 0 radical (unpaired) electrons. The number of pyridine rings is 1. The average molecular weight is 372 g/mol. The summed E-state index contributed by atoms with van der Waals surface area (Å²) in [6, 6.07) is 14.7. The molecular weight excluding hydrogens is 357 g/mol. The van der Waals surface area contributed by atoms with Crippen LogP contribution in [0.25, 0.3) is 0 Å². The minimum Gasteiger partial charge on any atom is -0.495 e. The largest absolute Gasteiger partial charge is 0.495 e. The zero-order valence-electron chi connectivity index (χ0n) is 13.8. The number of carbonyl (C=O) groups is 1. The molecule has 2 aromatic carbocycles. The Bertz CT molecular complexity index is 932. The van der Waals surface area contributed by atoms with Crippen LogP contribution in [0, 0.1) is 5.82 Å². The fourth-order valence-electron chi connectivity index (χ4n) is 2.28. The van der Waals surface area contributed by atoms with Crippen LogP contribution in [-0.2, 0) is 0 Å². The number of rotatable bonds is 5. The van der Waals surface area contributed by atoms with Crippen LogP contribution in [-0.4, -0.2) is 18.0 Å². The van der Waals surface area contributed by atoms with Gasteiger partial charge < -0.3 is 15.4 Å². The Morgan fingerprint density at radius 2 is 1.88 bits per heavy atom. The molecule has 5 nitrogen and oxygen atoms in total. The monoisotopic (exact) mass is 371 g/mol. The lowest BCUT2D eigenvalue weighted by Gasteiger charge is -2.10. The molecule has 0 aliphatic rings. The zero-order valence-corrected chi connectivity index (χ0v) is 14.5. The predicted octanol–water partition coefficient (Wildman–Crippen LogP) is 4.88. The zero-order chi connectivity index (χ0) is 18.5. The number of ether oxygens (including phenoxy) is 1. The van der Waals surface area contributed by atoms with Crippen molar-refractivity contribution in [2.75, 3.05) is 17.7 Å². The van der Waals surface area contributed by atoms with E-state index in [-0.39, 0.29) is 16.6 Å². The van der Waals surface area contributed by atoms with Crippen molar-refractivity contribution >= 4 is 34.6 Å². The third-order valence-electron chi connectivity index (χ3n) is 3.56. The molecule has 0 bridgehead atoms. The summed E-state index contributed by atoms with van der Waals surface area (Å²) in [5, 5.41) is 5.82. The molecule has 0 aliphatic carbocycles. The summed E-state index contributed by atoms with van der Waals surface area (Å²) in [5.41, 5.74) is 2.06. The molecule has 0 saturated carbocycles. The van der Waals surface area contributed by atoms with Crippen molar-refractivity contribution in [1.82, 2.24) is 4.98 Å². The van der Waals surface area contributed by atoms with Gasteiger partial charge in [0.05, 0.1) is 29.7 Å². The number of para-hydroxylation sites is 2. The van der Waals surface area contributed by atoms with Crippen LogP contribution in [0.15, 0.2) is 60.8 Å². The summed E-state index contributed by atoms with van der Waals surface area (Å²) in [7, 11) is 1.53. The normalized spacial score (nSPS) is 10.3. The van der Waals surface area contributed by atoms with Crippen molar-refractivity contribution in [3.05, 3.63) is 77.3 Å². The number of halogens is 2. The maximum absolute atomic E-state index is 13.2. The predicted molar refractivity (Wildman–Crippen MR) is 99.9 cm³/mol. The van der Waals surface area contributed by atoms with Gasteiger partial charge in [0.25, 0.3) is 5.91 Å². The van der Waals surface area contributed by atoms with E-state index in [1.807, 2.05) is 6.07 Å². The van der Waals surface area contributed by atoms with Gasteiger partial charge in [-0.05, 0) is 42.5 Å². The van der Waals surface area contributed by atoms with E-state index < -0.39 is 5.82 Å². The number of nitrogens with one attached hydrogen (secondary N) is 2. The molecule has 1 heterocycles. The first-order valence-corrected chi connectivity index (χ1v) is 8.07. The number of hydrogen-bond donors (Lipinski definition) is 2. The second-order valence-electron chi connectivity index (χ2n) is 5.34. The molecule has 0 spiro atoms. The summed E-state index contributed by atoms with van der Waals surface area (Å²) in [6.07, 6.45) is 1.51. The molecule has 3 aromatic rings. The molecule has 0 saturated heterocycles. The van der Waals surface area contributed by atoms with Crippen LogP contribution in [0.5, 0.6) is 5.75 Å². The molecule has 0 unspecified atom stereocenters. The highest BCUT2D eigenvalue weighted by Gasteiger charge is 2.11. The van der Waals surface area contributed by atoms with Crippen molar-refractivity contribution < 1.29 is 13.9 Å². The highest BCUT2D eigenvalue weighted by molar-refractivity contribution is 6.31. The molecule has 1 amide bonds. The van der Waals surface area contributed by atoms with Crippen molar-refractivity contribution in [2.24, 2.45) is 0 Å². The van der Waals surface area contributed by atoms with Gasteiger partial charge in [0.15, 0.2) is 0 Å². The highest BCUT2D eigenvalue weighted by atomic mass is 35.5. The van der Waals surface area contributed by atoms with Gasteiger partial charge >= 0.3 is 0 Å². The number of benzene rings is 2. The van der Waals surface area contributed by atoms with Gasteiger partial charge in [-0.3, -0.25) is 4.79 Å². The van der Waals surface area contributed by atoms with Crippen LogP contribution < -0.4 is 15.4 Å². The molecular formula is C19H15ClFN3O2. The first-order valence-electron chi connectivity index (χ1n) is 7.69. The van der Waals surface area contributed by atoms with Crippen molar-refractivity contribution in [2.45, 2.75) is 0 Å². The number of aromatic nitrogens is 1. The third-order valence-corrected chi connectivity index (χ3v) is 3.85. The van der Waals surface area contributed by atoms with Gasteiger partial charge in [0.1, 0.15) is 17.3 Å². The molecule has 2 N–H and O–H groups in total. The fraction of sp³-hybridized carbons (Fsp3) is 0.0526. The molecule has 3 rings (SSSR count). The Morgan fingerprint density at radius 1 is 1.12 bits per heavy atom. The van der Waals surface area contributed by atoms with E-state index in [1.54, 1.807) is 36.4 Å². The summed E-state index contributed by atoms with van der Waals surface area (Å²) >= 11 is 5.75. The lowest BCUT2D eigenvalue weighted by Crippen LogP contribution is -2.14. The van der Waals surface area contributed by atoms with Crippen LogP contribution >= 0.6 is 11.6 Å². The second kappa shape index (κ2) is 7.84. The SMILES string of the molecule is COc1ccccc1NC(=O)c1ccc(Nc2ccc(F)c(Cl)c2)cn1. The first-order chi connectivity index (χ1) is 12.6. The summed E-state index contributed by atoms with van der Waals surface area (Å²) < 4.78 is 18.4. The van der Waals surface area contributed by atoms with Crippen molar-refractivity contribution in [3.8, 4) is 5.75 Å². The summed E-state index contributed by atoms with van der Waals surface area (Å²) in [4.78, 5) is 16.5. The van der Waals surface area contributed by atoms with Crippen LogP contribution in [0.2, 0.25) is 5.02 Å². The number of nitrogens with zero attached hydrogens (tertiary/aromatic N) is 1. The van der Waals surface area contributed by atoms with Gasteiger partial charge in [-0.2, -0.15) is 0 Å². The van der Waals surface area contributed by atoms with Crippen molar-refractivity contribution in [3.63, 3.8) is 0 Å². The topological polar surface area (TPSA) is 63.2 Å². The van der Waals surface area contributed by atoms with Crippen LogP contribution in [0.3, 0.4) is 0 Å². The van der Waals surface area contributed by atoms with E-state index in [9.17, 15) is 9.18 Å². The number of hydrogen-bond acceptors (Lipinski definition) is 4. The van der Waals surface area contributed by atoms with Gasteiger partial charge in [0, 0.05) is 5.69 Å². The Morgan fingerprint density at radius 3 is 2.58 bits per heavy atom. The molecule has 132 valence electrons. The fourth-order valence-corrected chi connectivity index (χ4v) is 2.46. The maximum Gasteiger partial charge on any atom is 0.274 e. The van der Waals surface area contributed by atoms with Gasteiger partial charge in [-0.15, -0.1) is 0 Å². The van der Waals surface area contributed by atoms with E-state index in [0.29, 0.717) is 22.8 Å². The molecule has 0 atom stereocenters. The Hall–Kier alpha value is -3.12. The molecule has 1 aromatic heterocycles. The average Bonchev–Trinajstić information content (AvgIpc) is 2.66. The van der Waals surface area contributed by atoms with Crippen LogP contribution in [0.1, 0.15) is 10.5 Å². The molecule has 26 heavy (non-hydrogen) atoms. The van der Waals surface area contributed by atoms with E-state index in [4.69, 9.17) is 16.3 Å². The highest BCUT2D eigenvalue weighted by Crippen LogP contribution is 2.24. The van der Waals surface area contributed by atoms with E-state index in [2.05, 4.69) is 15.6 Å². The lowest BCUT2D eigenvalue weighted by molar-refractivity contribution is 0.102. The van der Waals surface area contributed by atoms with Gasteiger partial charge in [-0.25, -0.2) is 9.37 Å². The van der Waals surface area contributed by atoms with E-state index in [1.165, 1.54) is 25.4 Å². The third kappa shape index (κ3) is 4.10. The lowest BCUT2D eigenvalue weighted by atomic mass is 10.2. The smallest absolute Gasteiger partial charge is 0.274 e.